The van der Waals surface area contributed by atoms with Crippen molar-refractivity contribution >= 4 is 21.8 Å². The molecule has 3 aromatic rings. The van der Waals surface area contributed by atoms with Crippen molar-refractivity contribution in [3.05, 3.63) is 89.9 Å². The Morgan fingerprint density at radius 2 is 1.69 bits per heavy atom. The zero-order valence-corrected chi connectivity index (χ0v) is 21.4. The average Bonchev–Trinajstić information content (AvgIpc) is 3.39. The summed E-state index contributed by atoms with van der Waals surface area (Å²) < 4.78 is 35.5. The molecule has 1 atom stereocenters. The van der Waals surface area contributed by atoms with E-state index in [9.17, 15) is 18.0 Å². The zero-order valence-electron chi connectivity index (χ0n) is 20.6. The summed E-state index contributed by atoms with van der Waals surface area (Å²) in [4.78, 5) is 28.4. The fourth-order valence-corrected chi connectivity index (χ4v) is 3.93. The second-order valence-corrected chi connectivity index (χ2v) is 10.5. The smallest absolute Gasteiger partial charge is 0.243 e. The Morgan fingerprint density at radius 1 is 1.00 bits per heavy atom. The minimum Gasteiger partial charge on any atom is -0.497 e. The van der Waals surface area contributed by atoms with Gasteiger partial charge in [-0.25, -0.2) is 8.42 Å². The normalized spacial score (nSPS) is 12.2. The lowest BCUT2D eigenvalue weighted by molar-refractivity contribution is -0.141. The van der Waals surface area contributed by atoms with Crippen molar-refractivity contribution in [1.82, 2.24) is 14.5 Å². The van der Waals surface area contributed by atoms with Crippen LogP contribution in [0.15, 0.2) is 77.4 Å². The monoisotopic (exact) mass is 513 g/mol. The number of rotatable bonds is 12. The van der Waals surface area contributed by atoms with Crippen molar-refractivity contribution in [3.63, 3.8) is 0 Å². The van der Waals surface area contributed by atoms with Gasteiger partial charge in [-0.15, -0.1) is 0 Å². The predicted molar refractivity (Wildman–Crippen MR) is 136 cm³/mol. The summed E-state index contributed by atoms with van der Waals surface area (Å²) in [5.41, 5.74) is 1.63. The van der Waals surface area contributed by atoms with Crippen molar-refractivity contribution in [2.75, 3.05) is 27.0 Å². The topological polar surface area (TPSA) is 109 Å². The van der Waals surface area contributed by atoms with E-state index < -0.39 is 28.5 Å². The van der Waals surface area contributed by atoms with Gasteiger partial charge in [0.2, 0.25) is 21.8 Å². The molecule has 1 heterocycles. The number of benzene rings is 2. The van der Waals surface area contributed by atoms with Gasteiger partial charge in [-0.2, -0.15) is 4.31 Å². The Bertz CT molecular complexity index is 1230. The first-order valence-corrected chi connectivity index (χ1v) is 13.2. The first kappa shape index (κ1) is 27.0. The summed E-state index contributed by atoms with van der Waals surface area (Å²) in [5, 5.41) is 2.85. The third-order valence-corrected chi connectivity index (χ3v) is 6.99. The number of carbonyl (C=O) groups is 2. The Kier molecular flexibility index (Phi) is 9.26. The quantitative estimate of drug-likeness (QED) is 0.399. The Morgan fingerprint density at radius 3 is 2.28 bits per heavy atom. The maximum Gasteiger partial charge on any atom is 0.243 e. The van der Waals surface area contributed by atoms with Gasteiger partial charge in [0.15, 0.2) is 0 Å². The van der Waals surface area contributed by atoms with Crippen molar-refractivity contribution < 1.29 is 27.2 Å². The molecular weight excluding hydrogens is 482 g/mol. The van der Waals surface area contributed by atoms with E-state index in [0.29, 0.717) is 11.5 Å². The molecule has 192 valence electrons. The van der Waals surface area contributed by atoms with Gasteiger partial charge in [0, 0.05) is 20.0 Å². The molecular formula is C26H31N3O6S. The first-order valence-electron chi connectivity index (χ1n) is 11.3. The van der Waals surface area contributed by atoms with Gasteiger partial charge in [-0.1, -0.05) is 42.5 Å². The van der Waals surface area contributed by atoms with Crippen LogP contribution in [0.1, 0.15) is 16.9 Å². The van der Waals surface area contributed by atoms with Gasteiger partial charge >= 0.3 is 0 Å². The van der Waals surface area contributed by atoms with Crippen molar-refractivity contribution in [2.24, 2.45) is 0 Å². The molecule has 0 aliphatic carbocycles. The molecule has 0 unspecified atom stereocenters. The highest BCUT2D eigenvalue weighted by atomic mass is 32.2. The molecule has 0 fully saturated rings. The molecule has 0 aliphatic heterocycles. The van der Waals surface area contributed by atoms with E-state index in [1.165, 1.54) is 18.2 Å². The third-order valence-electron chi connectivity index (χ3n) is 5.72. The highest BCUT2D eigenvalue weighted by Gasteiger charge is 2.32. The highest BCUT2D eigenvalue weighted by Crippen LogP contribution is 2.18. The number of methoxy groups -OCH3 is 1. The lowest BCUT2D eigenvalue weighted by atomic mass is 10.0. The third kappa shape index (κ3) is 7.69. The van der Waals surface area contributed by atoms with E-state index in [-0.39, 0.29) is 25.4 Å². The Labute approximate surface area is 211 Å². The molecule has 2 amide bonds. The number of likely N-dealkylation sites (N-methyl/N-ethyl adjacent to an activating group) is 1. The van der Waals surface area contributed by atoms with Crippen LogP contribution in [0.3, 0.4) is 0 Å². The van der Waals surface area contributed by atoms with E-state index in [1.807, 2.05) is 30.3 Å². The summed E-state index contributed by atoms with van der Waals surface area (Å²) in [6, 6.07) is 19.1. The van der Waals surface area contributed by atoms with Crippen LogP contribution < -0.4 is 10.1 Å². The van der Waals surface area contributed by atoms with E-state index in [4.69, 9.17) is 9.15 Å². The average molecular weight is 514 g/mol. The SMILES string of the molecule is COc1ccc(CN(C(=O)CN(C)S(C)(=O)=O)[C@@H](Cc2ccccc2)C(=O)NCc2ccco2)cc1. The molecule has 0 saturated heterocycles. The first-order chi connectivity index (χ1) is 17.2. The highest BCUT2D eigenvalue weighted by molar-refractivity contribution is 7.88. The number of hydrogen-bond acceptors (Lipinski definition) is 6. The minimum absolute atomic E-state index is 0.103. The van der Waals surface area contributed by atoms with Gasteiger partial charge in [0.25, 0.3) is 0 Å². The summed E-state index contributed by atoms with van der Waals surface area (Å²) in [5.74, 6) is 0.365. The number of sulfonamides is 1. The lowest BCUT2D eigenvalue weighted by Crippen LogP contribution is -2.52. The zero-order chi connectivity index (χ0) is 26.1. The molecule has 0 aliphatic rings. The van der Waals surface area contributed by atoms with Crippen molar-refractivity contribution in [2.45, 2.75) is 25.6 Å². The second kappa shape index (κ2) is 12.4. The number of carbonyl (C=O) groups excluding carboxylic acids is 2. The van der Waals surface area contributed by atoms with Crippen LogP contribution in [0.4, 0.5) is 0 Å². The van der Waals surface area contributed by atoms with E-state index >= 15 is 0 Å². The Hall–Kier alpha value is -3.63. The fourth-order valence-electron chi connectivity index (χ4n) is 3.59. The number of nitrogens with one attached hydrogen (secondary N) is 1. The summed E-state index contributed by atoms with van der Waals surface area (Å²) in [7, 11) is -0.706. The number of nitrogens with zero attached hydrogens (tertiary/aromatic N) is 2. The largest absolute Gasteiger partial charge is 0.497 e. The molecule has 36 heavy (non-hydrogen) atoms. The fraction of sp³-hybridized carbons (Fsp3) is 0.308. The lowest BCUT2D eigenvalue weighted by Gasteiger charge is -2.32. The van der Waals surface area contributed by atoms with Crippen molar-refractivity contribution in [1.29, 1.82) is 0 Å². The number of furan rings is 1. The van der Waals surface area contributed by atoms with Crippen LogP contribution in [0.25, 0.3) is 0 Å². The minimum atomic E-state index is -3.60. The maximum absolute atomic E-state index is 13.5. The number of ether oxygens (including phenoxy) is 1. The van der Waals surface area contributed by atoms with Crippen LogP contribution in [0.2, 0.25) is 0 Å². The van der Waals surface area contributed by atoms with Crippen LogP contribution in [0.5, 0.6) is 5.75 Å². The van der Waals surface area contributed by atoms with Crippen LogP contribution in [-0.2, 0) is 39.1 Å². The van der Waals surface area contributed by atoms with Crippen LogP contribution in [0, 0.1) is 0 Å². The molecule has 1 N–H and O–H groups in total. The molecule has 3 rings (SSSR count). The van der Waals surface area contributed by atoms with E-state index in [1.54, 1.807) is 43.5 Å². The van der Waals surface area contributed by atoms with Gasteiger partial charge < -0.3 is 19.4 Å². The van der Waals surface area contributed by atoms with Gasteiger partial charge in [0.1, 0.15) is 17.6 Å². The van der Waals surface area contributed by atoms with E-state index in [2.05, 4.69) is 5.32 Å². The molecule has 0 bridgehead atoms. The molecule has 0 spiro atoms. The molecule has 2 aromatic carbocycles. The van der Waals surface area contributed by atoms with Crippen LogP contribution >= 0.6 is 0 Å². The van der Waals surface area contributed by atoms with Gasteiger partial charge in [-0.3, -0.25) is 9.59 Å². The van der Waals surface area contributed by atoms with Gasteiger partial charge in [0.05, 0.1) is 32.7 Å². The molecule has 10 heteroatoms. The predicted octanol–water partition coefficient (Wildman–Crippen LogP) is 2.44. The molecule has 9 nitrogen and oxygen atoms in total. The number of hydrogen-bond donors (Lipinski definition) is 1. The van der Waals surface area contributed by atoms with Crippen molar-refractivity contribution in [3.8, 4) is 5.75 Å². The summed E-state index contributed by atoms with van der Waals surface area (Å²) in [6.07, 6.45) is 2.80. The van der Waals surface area contributed by atoms with Gasteiger partial charge in [-0.05, 0) is 35.4 Å². The maximum atomic E-state index is 13.5. The number of amides is 2. The summed E-state index contributed by atoms with van der Waals surface area (Å²) in [6.45, 7) is -0.136. The standard InChI is InChI=1S/C26H31N3O6S/c1-28(36(3,32)33)19-25(30)29(18-21-11-13-22(34-2)14-12-21)24(16-20-8-5-4-6-9-20)26(31)27-17-23-10-7-15-35-23/h4-15,24H,16-19H2,1-3H3,(H,27,31)/t24-/m0/s1. The second-order valence-electron chi connectivity index (χ2n) is 8.39. The molecule has 0 saturated carbocycles. The molecule has 1 aromatic heterocycles. The summed E-state index contributed by atoms with van der Waals surface area (Å²) >= 11 is 0. The Balaban J connectivity index is 1.94. The molecule has 0 radical (unpaired) electrons. The van der Waals surface area contributed by atoms with E-state index in [0.717, 1.165) is 21.7 Å². The van der Waals surface area contributed by atoms with Crippen LogP contribution in [-0.4, -0.2) is 62.4 Å².